The van der Waals surface area contributed by atoms with Gasteiger partial charge in [-0.3, -0.25) is 0 Å². The third kappa shape index (κ3) is 3.06. The van der Waals surface area contributed by atoms with Crippen LogP contribution in [0.25, 0.3) is 10.9 Å². The third-order valence-electron chi connectivity index (χ3n) is 3.01. The molecular formula is C15H18BrFN2. The number of hydrogen-bond donors (Lipinski definition) is 1. The molecule has 0 amide bonds. The maximum atomic E-state index is 14.1. The highest BCUT2D eigenvalue weighted by molar-refractivity contribution is 9.10. The molecule has 0 fully saturated rings. The summed E-state index contributed by atoms with van der Waals surface area (Å²) >= 11 is 3.34. The predicted molar refractivity (Wildman–Crippen MR) is 82.3 cm³/mol. The Labute approximate surface area is 121 Å². The van der Waals surface area contributed by atoms with Gasteiger partial charge in [0.25, 0.3) is 0 Å². The number of anilines is 1. The standard InChI is InChI=1S/C15H18BrFN2/c1-4-5-18-14-8-13(9(2)3)19-15-11(14)6-10(16)7-12(15)17/h6-9H,4-5H2,1-3H3,(H,18,19). The number of hydrogen-bond acceptors (Lipinski definition) is 2. The van der Waals surface area contributed by atoms with Crippen LogP contribution in [0.2, 0.25) is 0 Å². The number of aromatic nitrogens is 1. The van der Waals surface area contributed by atoms with Gasteiger partial charge in [0.1, 0.15) is 5.52 Å². The van der Waals surface area contributed by atoms with Crippen molar-refractivity contribution in [2.24, 2.45) is 0 Å². The van der Waals surface area contributed by atoms with Crippen LogP contribution in [-0.2, 0) is 0 Å². The second-order valence-electron chi connectivity index (χ2n) is 4.96. The van der Waals surface area contributed by atoms with Crippen molar-refractivity contribution in [2.45, 2.75) is 33.1 Å². The fraction of sp³-hybridized carbons (Fsp3) is 0.400. The monoisotopic (exact) mass is 324 g/mol. The second kappa shape index (κ2) is 5.87. The van der Waals surface area contributed by atoms with Gasteiger partial charge in [-0.2, -0.15) is 0 Å². The topological polar surface area (TPSA) is 24.9 Å². The Morgan fingerprint density at radius 2 is 2.05 bits per heavy atom. The first-order valence-corrected chi connectivity index (χ1v) is 7.35. The molecule has 1 aromatic carbocycles. The van der Waals surface area contributed by atoms with Crippen LogP contribution in [0.3, 0.4) is 0 Å². The van der Waals surface area contributed by atoms with Gasteiger partial charge in [0.05, 0.1) is 0 Å². The molecule has 0 atom stereocenters. The van der Waals surface area contributed by atoms with Crippen LogP contribution in [0.15, 0.2) is 22.7 Å². The number of nitrogens with zero attached hydrogens (tertiary/aromatic N) is 1. The maximum Gasteiger partial charge on any atom is 0.150 e. The highest BCUT2D eigenvalue weighted by Gasteiger charge is 2.12. The SMILES string of the molecule is CCCNc1cc(C(C)C)nc2c(F)cc(Br)cc12. The first kappa shape index (κ1) is 14.3. The van der Waals surface area contributed by atoms with Crippen LogP contribution in [0, 0.1) is 5.82 Å². The molecule has 0 unspecified atom stereocenters. The zero-order chi connectivity index (χ0) is 14.0. The van der Waals surface area contributed by atoms with E-state index in [0.29, 0.717) is 5.52 Å². The zero-order valence-electron chi connectivity index (χ0n) is 11.4. The minimum Gasteiger partial charge on any atom is -0.384 e. The summed E-state index contributed by atoms with van der Waals surface area (Å²) in [5, 5.41) is 4.18. The molecule has 2 rings (SSSR count). The number of halogens is 2. The van der Waals surface area contributed by atoms with Gasteiger partial charge in [0, 0.05) is 27.8 Å². The van der Waals surface area contributed by atoms with Crippen LogP contribution in [0.1, 0.15) is 38.8 Å². The Morgan fingerprint density at radius 3 is 2.68 bits per heavy atom. The Morgan fingerprint density at radius 1 is 1.32 bits per heavy atom. The van der Waals surface area contributed by atoms with Crippen LogP contribution in [-0.4, -0.2) is 11.5 Å². The molecule has 1 aromatic heterocycles. The maximum absolute atomic E-state index is 14.1. The van der Waals surface area contributed by atoms with Gasteiger partial charge in [0.15, 0.2) is 5.82 Å². The first-order chi connectivity index (χ1) is 9.02. The summed E-state index contributed by atoms with van der Waals surface area (Å²) in [4.78, 5) is 4.45. The van der Waals surface area contributed by atoms with Crippen molar-refractivity contribution >= 4 is 32.5 Å². The Balaban J connectivity index is 2.67. The molecule has 102 valence electrons. The van der Waals surface area contributed by atoms with E-state index in [1.54, 1.807) is 0 Å². The van der Waals surface area contributed by atoms with Crippen molar-refractivity contribution in [1.82, 2.24) is 4.98 Å². The lowest BCUT2D eigenvalue weighted by Gasteiger charge is -2.14. The summed E-state index contributed by atoms with van der Waals surface area (Å²) < 4.78 is 14.8. The van der Waals surface area contributed by atoms with Crippen molar-refractivity contribution in [3.8, 4) is 0 Å². The molecule has 2 aromatic rings. The van der Waals surface area contributed by atoms with E-state index in [1.807, 2.05) is 12.1 Å². The molecule has 0 bridgehead atoms. The van der Waals surface area contributed by atoms with Gasteiger partial charge >= 0.3 is 0 Å². The van der Waals surface area contributed by atoms with Crippen LogP contribution < -0.4 is 5.32 Å². The summed E-state index contributed by atoms with van der Waals surface area (Å²) in [6, 6.07) is 5.39. The molecule has 0 spiro atoms. The van der Waals surface area contributed by atoms with E-state index in [1.165, 1.54) is 6.07 Å². The van der Waals surface area contributed by atoms with Crippen molar-refractivity contribution in [2.75, 3.05) is 11.9 Å². The van der Waals surface area contributed by atoms with Gasteiger partial charge in [-0.05, 0) is 30.5 Å². The Kier molecular flexibility index (Phi) is 4.40. The average Bonchev–Trinajstić information content (AvgIpc) is 2.35. The molecule has 0 aliphatic rings. The van der Waals surface area contributed by atoms with Crippen molar-refractivity contribution < 1.29 is 4.39 Å². The van der Waals surface area contributed by atoms with Gasteiger partial charge in [-0.15, -0.1) is 0 Å². The molecule has 0 radical (unpaired) electrons. The Bertz CT molecular complexity index is 596. The van der Waals surface area contributed by atoms with Crippen LogP contribution >= 0.6 is 15.9 Å². The third-order valence-corrected chi connectivity index (χ3v) is 3.47. The van der Waals surface area contributed by atoms with Crippen molar-refractivity contribution in [3.05, 3.63) is 34.2 Å². The average molecular weight is 325 g/mol. The molecule has 19 heavy (non-hydrogen) atoms. The summed E-state index contributed by atoms with van der Waals surface area (Å²) in [7, 11) is 0. The fourth-order valence-electron chi connectivity index (χ4n) is 1.97. The van der Waals surface area contributed by atoms with Crippen molar-refractivity contribution in [1.29, 1.82) is 0 Å². The lowest BCUT2D eigenvalue weighted by Crippen LogP contribution is -2.04. The van der Waals surface area contributed by atoms with Gasteiger partial charge in [0.2, 0.25) is 0 Å². The zero-order valence-corrected chi connectivity index (χ0v) is 13.0. The first-order valence-electron chi connectivity index (χ1n) is 6.56. The quantitative estimate of drug-likeness (QED) is 0.848. The number of fused-ring (bicyclic) bond motifs is 1. The molecule has 1 heterocycles. The smallest absolute Gasteiger partial charge is 0.150 e. The molecule has 0 aliphatic heterocycles. The predicted octanol–water partition coefficient (Wildman–Crippen LogP) is 5.08. The highest BCUT2D eigenvalue weighted by Crippen LogP contribution is 2.30. The van der Waals surface area contributed by atoms with E-state index in [0.717, 1.165) is 34.2 Å². The molecular weight excluding hydrogens is 307 g/mol. The van der Waals surface area contributed by atoms with Gasteiger partial charge in [-0.1, -0.05) is 36.7 Å². The number of benzene rings is 1. The highest BCUT2D eigenvalue weighted by atomic mass is 79.9. The lowest BCUT2D eigenvalue weighted by molar-refractivity contribution is 0.635. The summed E-state index contributed by atoms with van der Waals surface area (Å²) in [5.41, 5.74) is 2.30. The van der Waals surface area contributed by atoms with Crippen molar-refractivity contribution in [3.63, 3.8) is 0 Å². The molecule has 4 heteroatoms. The van der Waals surface area contributed by atoms with Crippen LogP contribution in [0.4, 0.5) is 10.1 Å². The normalized spacial score (nSPS) is 11.3. The van der Waals surface area contributed by atoms with E-state index in [2.05, 4.69) is 47.0 Å². The van der Waals surface area contributed by atoms with E-state index in [-0.39, 0.29) is 11.7 Å². The molecule has 1 N–H and O–H groups in total. The fourth-order valence-corrected chi connectivity index (χ4v) is 2.40. The van der Waals surface area contributed by atoms with Gasteiger partial charge < -0.3 is 5.32 Å². The van der Waals surface area contributed by atoms with E-state index in [9.17, 15) is 4.39 Å². The second-order valence-corrected chi connectivity index (χ2v) is 5.88. The minimum absolute atomic E-state index is 0.273. The molecule has 2 nitrogen and oxygen atoms in total. The summed E-state index contributed by atoms with van der Waals surface area (Å²) in [5.74, 6) is -0.0129. The van der Waals surface area contributed by atoms with E-state index in [4.69, 9.17) is 0 Å². The number of rotatable bonds is 4. The van der Waals surface area contributed by atoms with E-state index >= 15 is 0 Å². The molecule has 0 aliphatic carbocycles. The number of nitrogens with one attached hydrogen (secondary N) is 1. The summed E-state index contributed by atoms with van der Waals surface area (Å²) in [6.45, 7) is 7.10. The Hall–Kier alpha value is -1.16. The summed E-state index contributed by atoms with van der Waals surface area (Å²) in [6.07, 6.45) is 1.03. The van der Waals surface area contributed by atoms with Gasteiger partial charge in [-0.25, -0.2) is 9.37 Å². The lowest BCUT2D eigenvalue weighted by atomic mass is 10.1. The number of pyridine rings is 1. The largest absolute Gasteiger partial charge is 0.384 e. The molecule has 0 saturated carbocycles. The van der Waals surface area contributed by atoms with E-state index < -0.39 is 0 Å². The minimum atomic E-state index is -0.286. The van der Waals surface area contributed by atoms with Crippen LogP contribution in [0.5, 0.6) is 0 Å². The molecule has 0 saturated heterocycles.